The first-order chi connectivity index (χ1) is 12.4. The van der Waals surface area contributed by atoms with E-state index in [1.54, 1.807) is 0 Å². The molecule has 2 rings (SSSR count). The number of anilines is 1. The molecule has 1 heterocycles. The van der Waals surface area contributed by atoms with Gasteiger partial charge in [0.1, 0.15) is 0 Å². The van der Waals surface area contributed by atoms with E-state index in [-0.39, 0.29) is 20.1 Å². The number of benzene rings is 1. The first kappa shape index (κ1) is 23.2. The predicted octanol–water partition coefficient (Wildman–Crippen LogP) is 1.68. The van der Waals surface area contributed by atoms with Crippen molar-refractivity contribution in [2.75, 3.05) is 61.3 Å². The highest BCUT2D eigenvalue weighted by Crippen LogP contribution is 2.44. The highest BCUT2D eigenvalue weighted by Gasteiger charge is 2.68. The summed E-state index contributed by atoms with van der Waals surface area (Å²) in [5.74, 6) is 0. The molecule has 0 spiro atoms. The van der Waals surface area contributed by atoms with Crippen molar-refractivity contribution in [3.05, 3.63) is 30.3 Å². The molecule has 1 aliphatic rings. The van der Waals surface area contributed by atoms with E-state index >= 15 is 0 Å². The zero-order chi connectivity index (χ0) is 20.7. The summed E-state index contributed by atoms with van der Waals surface area (Å²) in [5.41, 5.74) is 1.000. The maximum Gasteiger partial charge on any atom is 0.488 e. The Labute approximate surface area is 180 Å². The van der Waals surface area contributed by atoms with Crippen LogP contribution in [-0.2, 0) is 0 Å². The van der Waals surface area contributed by atoms with Crippen LogP contribution in [0, 0.1) is 0 Å². The van der Waals surface area contributed by atoms with Gasteiger partial charge in [-0.3, -0.25) is 22.9 Å². The average Bonchev–Trinajstić information content (AvgIpc) is 2.71. The van der Waals surface area contributed by atoms with Crippen molar-refractivity contribution in [2.24, 2.45) is 0 Å². The van der Waals surface area contributed by atoms with Crippen molar-refractivity contribution in [1.29, 1.82) is 0 Å². The number of rotatable bonds is 6. The second-order valence-corrected chi connectivity index (χ2v) is 10.2. The summed E-state index contributed by atoms with van der Waals surface area (Å²) in [7, 11) is 15.9. The molecule has 13 heteroatoms. The fraction of sp³-hybridized carbons (Fsp3) is 0.571. The Morgan fingerprint density at radius 3 is 1.81 bits per heavy atom. The third-order valence-electron chi connectivity index (χ3n) is 5.22. The molecule has 148 valence electrons. The summed E-state index contributed by atoms with van der Waals surface area (Å²) in [6.07, 6.45) is -0.311. The topological polar surface area (TPSA) is 16.2 Å². The smallest absolute Gasteiger partial charge is 0.488 e. The molecule has 6 nitrogen and oxygen atoms in total. The molecule has 1 aromatic rings. The third kappa shape index (κ3) is 4.01. The van der Waals surface area contributed by atoms with Gasteiger partial charge >= 0.3 is 25.4 Å². The highest BCUT2D eigenvalue weighted by atomic mass is 35.5. The molecule has 0 N–H and O–H groups in total. The van der Waals surface area contributed by atoms with Crippen molar-refractivity contribution >= 4 is 65.5 Å². The Morgan fingerprint density at radius 2 is 1.41 bits per heavy atom. The first-order valence-electron chi connectivity index (χ1n) is 8.97. The molecule has 0 amide bonds. The van der Waals surface area contributed by atoms with Crippen LogP contribution in [0.25, 0.3) is 0 Å². The fourth-order valence-electron chi connectivity index (χ4n) is 3.83. The van der Waals surface area contributed by atoms with Crippen LogP contribution in [0.2, 0.25) is 0 Å². The van der Waals surface area contributed by atoms with Crippen LogP contribution in [0.4, 0.5) is 5.69 Å². The van der Waals surface area contributed by atoms with Gasteiger partial charge < -0.3 is 28.5 Å². The fourth-order valence-corrected chi connectivity index (χ4v) is 4.85. The Morgan fingerprint density at radius 1 is 0.926 bits per heavy atom. The molecule has 0 radical (unpaired) electrons. The van der Waals surface area contributed by atoms with E-state index in [2.05, 4.69) is 31.5 Å². The van der Waals surface area contributed by atoms with Crippen LogP contribution in [-0.4, -0.2) is 105 Å². The van der Waals surface area contributed by atoms with Gasteiger partial charge in [-0.2, -0.15) is 11.5 Å². The molecule has 27 heavy (non-hydrogen) atoms. The van der Waals surface area contributed by atoms with E-state index in [0.29, 0.717) is 4.31 Å². The second kappa shape index (κ2) is 8.36. The lowest BCUT2D eigenvalue weighted by molar-refractivity contribution is -0.663. The lowest BCUT2D eigenvalue weighted by Gasteiger charge is -2.50. The van der Waals surface area contributed by atoms with Gasteiger partial charge in [-0.25, -0.2) is 0 Å². The molecule has 1 aromatic carbocycles. The van der Waals surface area contributed by atoms with Gasteiger partial charge in [-0.15, -0.1) is 0 Å². The summed E-state index contributed by atoms with van der Waals surface area (Å²) in [5, 5.41) is -2.06. The van der Waals surface area contributed by atoms with Crippen molar-refractivity contribution in [3.63, 3.8) is 0 Å². The number of nitrogens with zero attached hydrogens (tertiary/aromatic N) is 6. The Kier molecular flexibility index (Phi) is 7.20. The van der Waals surface area contributed by atoms with Crippen molar-refractivity contribution in [3.8, 4) is 0 Å². The molecule has 0 unspecified atom stereocenters. The van der Waals surface area contributed by atoms with E-state index < -0.39 is 5.25 Å². The number of para-hydroxylation sites is 1. The second-order valence-electron chi connectivity index (χ2n) is 8.30. The van der Waals surface area contributed by atoms with Gasteiger partial charge in [-0.05, 0) is 54.4 Å². The quantitative estimate of drug-likeness (QED) is 0.636. The van der Waals surface area contributed by atoms with Gasteiger partial charge in [0.05, 0.1) is 0 Å². The maximum atomic E-state index is 7.15. The highest BCUT2D eigenvalue weighted by molar-refractivity contribution is 7.49. The minimum Gasteiger partial charge on any atom is -0.538 e. The number of hydrazine groups is 1. The third-order valence-corrected chi connectivity index (χ3v) is 7.24. The maximum absolute atomic E-state index is 7.15. The van der Waals surface area contributed by atoms with Crippen molar-refractivity contribution < 1.29 is 4.31 Å². The first-order valence-corrected chi connectivity index (χ1v) is 10.3. The summed E-state index contributed by atoms with van der Waals surface area (Å²) in [6.45, 7) is -0.193. The van der Waals surface area contributed by atoms with Crippen LogP contribution in [0.1, 0.15) is 0 Å². The minimum atomic E-state index is -2.06. The van der Waals surface area contributed by atoms with Crippen molar-refractivity contribution in [2.45, 2.75) is 0 Å². The average molecular weight is 431 g/mol. The summed E-state index contributed by atoms with van der Waals surface area (Å²) in [4.78, 5) is 10.4. The molecule has 0 saturated carbocycles. The van der Waals surface area contributed by atoms with E-state index in [4.69, 9.17) is 34.4 Å². The summed E-state index contributed by atoms with van der Waals surface area (Å²) < 4.78 is 0.336. The molecule has 1 fully saturated rings. The SMILES string of the molecule is CN(C)B(Cl)B1N(c2ccccc2)N(B(N(C)C)N(C)C)[B-](Cl)(Cl)[N+]1(C)C. The molecular weight excluding hydrogens is 402 g/mol. The number of halogens is 3. The lowest BCUT2D eigenvalue weighted by atomic mass is 9.38. The van der Waals surface area contributed by atoms with Crippen LogP contribution >= 0.6 is 34.4 Å². The minimum absolute atomic E-state index is 0.159. The van der Waals surface area contributed by atoms with Crippen LogP contribution in [0.3, 0.4) is 0 Å². The van der Waals surface area contributed by atoms with Crippen LogP contribution < -0.4 is 4.92 Å². The van der Waals surface area contributed by atoms with Gasteiger partial charge in [0.2, 0.25) is 0 Å². The van der Waals surface area contributed by atoms with Gasteiger partial charge in [0, 0.05) is 19.8 Å². The Hall–Kier alpha value is -0.0503. The Balaban J connectivity index is 2.74. The molecule has 1 saturated heterocycles. The number of quaternary nitrogens is 1. The monoisotopic (exact) mass is 430 g/mol. The largest absolute Gasteiger partial charge is 0.538 e. The summed E-state index contributed by atoms with van der Waals surface area (Å²) in [6, 6.07) is 10.1. The number of hydrogen-bond donors (Lipinski definition) is 0. The molecule has 0 aromatic heterocycles. The predicted molar refractivity (Wildman–Crippen MR) is 125 cm³/mol. The van der Waals surface area contributed by atoms with Gasteiger partial charge in [0.25, 0.3) is 0 Å². The van der Waals surface area contributed by atoms with E-state index in [0.717, 1.165) is 5.69 Å². The Bertz CT molecular complexity index is 629. The summed E-state index contributed by atoms with van der Waals surface area (Å²) >= 11 is 21.2. The zero-order valence-corrected chi connectivity index (χ0v) is 19.8. The molecule has 0 bridgehead atoms. The normalized spacial score (nSPS) is 19.5. The zero-order valence-electron chi connectivity index (χ0n) is 17.5. The standard InChI is InChI=1S/C14H29B4Cl3N6/c1-22(2)15(19)16-25(14-12-10-9-11-13-14)26(17(23(3)4)24(5)6)18(20,21)27(16,7)8/h9-13H,1-8H3. The van der Waals surface area contributed by atoms with Crippen LogP contribution in [0.5, 0.6) is 0 Å². The lowest BCUT2D eigenvalue weighted by Crippen LogP contribution is -2.71. The molecule has 0 atom stereocenters. The number of hydrogen-bond acceptors (Lipinski definition) is 5. The van der Waals surface area contributed by atoms with E-state index in [1.165, 1.54) is 0 Å². The van der Waals surface area contributed by atoms with Gasteiger partial charge in [-0.1, -0.05) is 18.2 Å². The van der Waals surface area contributed by atoms with E-state index in [9.17, 15) is 0 Å². The van der Waals surface area contributed by atoms with Crippen LogP contribution in [0.15, 0.2) is 30.3 Å². The van der Waals surface area contributed by atoms with Crippen molar-refractivity contribution in [1.82, 2.24) is 19.3 Å². The molecule has 1 aliphatic heterocycles. The molecule has 0 aliphatic carbocycles. The molecular formula is C14H29B4Cl3N6. The van der Waals surface area contributed by atoms with E-state index in [1.807, 2.05) is 79.4 Å². The van der Waals surface area contributed by atoms with Gasteiger partial charge in [0.15, 0.2) is 0 Å².